The topological polar surface area (TPSA) is 36.4 Å². The maximum Gasteiger partial charge on any atom is 0.108 e. The van der Waals surface area contributed by atoms with Crippen LogP contribution in [0, 0.1) is 5.41 Å². The van der Waals surface area contributed by atoms with Gasteiger partial charge >= 0.3 is 0 Å². The number of piperidine rings is 1. The van der Waals surface area contributed by atoms with Crippen molar-refractivity contribution in [3.8, 4) is 0 Å². The van der Waals surface area contributed by atoms with Crippen LogP contribution in [0.25, 0.3) is 0 Å². The van der Waals surface area contributed by atoms with Crippen LogP contribution in [-0.4, -0.2) is 18.9 Å². The summed E-state index contributed by atoms with van der Waals surface area (Å²) in [6.45, 7) is 2.74. The van der Waals surface area contributed by atoms with Crippen molar-refractivity contribution < 1.29 is 0 Å². The Labute approximate surface area is 162 Å². The van der Waals surface area contributed by atoms with Gasteiger partial charge in [0, 0.05) is 14.9 Å². The van der Waals surface area contributed by atoms with Gasteiger partial charge in [-0.25, -0.2) is 0 Å². The van der Waals surface area contributed by atoms with Gasteiger partial charge < -0.3 is 10.6 Å². The molecule has 0 aliphatic carbocycles. The molecule has 1 saturated heterocycles. The first-order valence-electron chi connectivity index (χ1n) is 8.71. The first kappa shape index (κ1) is 17.1. The van der Waals surface area contributed by atoms with Gasteiger partial charge in [0.2, 0.25) is 0 Å². The van der Waals surface area contributed by atoms with Gasteiger partial charge in [0.05, 0.1) is 12.2 Å². The lowest BCUT2D eigenvalue weighted by Gasteiger charge is -2.43. The molecular formula is C20H21BrClN3. The first-order valence-corrected chi connectivity index (χ1v) is 9.88. The van der Waals surface area contributed by atoms with Crippen LogP contribution in [0.3, 0.4) is 0 Å². The Morgan fingerprint density at radius 3 is 2.72 bits per heavy atom. The lowest BCUT2D eigenvalue weighted by atomic mass is 9.71. The van der Waals surface area contributed by atoms with Gasteiger partial charge in [-0.15, -0.1) is 0 Å². The van der Waals surface area contributed by atoms with E-state index in [0.29, 0.717) is 6.54 Å². The third-order valence-electron chi connectivity index (χ3n) is 5.24. The normalized spacial score (nSPS) is 20.3. The highest BCUT2D eigenvalue weighted by Crippen LogP contribution is 2.43. The Balaban J connectivity index is 1.69. The number of hydrogen-bond donors (Lipinski definition) is 2. The van der Waals surface area contributed by atoms with E-state index in [9.17, 15) is 0 Å². The molecule has 0 saturated carbocycles. The van der Waals surface area contributed by atoms with E-state index in [1.54, 1.807) is 0 Å². The van der Waals surface area contributed by atoms with Gasteiger partial charge in [0.15, 0.2) is 0 Å². The molecule has 2 aliphatic rings. The summed E-state index contributed by atoms with van der Waals surface area (Å²) in [7, 11) is 0. The third-order valence-corrected chi connectivity index (χ3v) is 6.14. The van der Waals surface area contributed by atoms with E-state index in [2.05, 4.69) is 50.8 Å². The third kappa shape index (κ3) is 3.48. The highest BCUT2D eigenvalue weighted by molar-refractivity contribution is 9.10. The van der Waals surface area contributed by atoms with Crippen molar-refractivity contribution in [1.29, 1.82) is 0 Å². The van der Waals surface area contributed by atoms with Gasteiger partial charge in [-0.1, -0.05) is 35.9 Å². The summed E-state index contributed by atoms with van der Waals surface area (Å²) in [4.78, 5) is 5.01. The molecule has 5 heteroatoms. The van der Waals surface area contributed by atoms with E-state index in [0.717, 1.165) is 58.9 Å². The zero-order valence-electron chi connectivity index (χ0n) is 14.0. The number of nitrogens with one attached hydrogen (secondary N) is 2. The van der Waals surface area contributed by atoms with Crippen LogP contribution in [0.4, 0.5) is 5.69 Å². The molecule has 25 heavy (non-hydrogen) atoms. The summed E-state index contributed by atoms with van der Waals surface area (Å²) in [5, 5.41) is 7.90. The highest BCUT2D eigenvalue weighted by Gasteiger charge is 2.41. The van der Waals surface area contributed by atoms with Crippen LogP contribution >= 0.6 is 27.5 Å². The van der Waals surface area contributed by atoms with Crippen LogP contribution in [0.1, 0.15) is 24.0 Å². The SMILES string of the molecule is Clc1cccc(CN=C2Nc3c(Br)cccc3CC23CCNCC3)c1. The molecule has 0 radical (unpaired) electrons. The molecule has 0 aromatic heterocycles. The number of anilines is 1. The molecule has 2 aromatic carbocycles. The molecular weight excluding hydrogens is 398 g/mol. The summed E-state index contributed by atoms with van der Waals surface area (Å²) in [6.07, 6.45) is 3.27. The highest BCUT2D eigenvalue weighted by atomic mass is 79.9. The smallest absolute Gasteiger partial charge is 0.108 e. The fraction of sp³-hybridized carbons (Fsp3) is 0.350. The maximum absolute atomic E-state index is 6.12. The quantitative estimate of drug-likeness (QED) is 0.717. The van der Waals surface area contributed by atoms with Crippen molar-refractivity contribution in [2.24, 2.45) is 10.4 Å². The maximum atomic E-state index is 6.12. The first-order chi connectivity index (χ1) is 12.2. The average molecular weight is 419 g/mol. The Kier molecular flexibility index (Phi) is 4.85. The molecule has 0 unspecified atom stereocenters. The molecule has 1 fully saturated rings. The van der Waals surface area contributed by atoms with Crippen LogP contribution in [0.15, 0.2) is 51.9 Å². The number of benzene rings is 2. The number of halogens is 2. The minimum atomic E-state index is 0.109. The lowest BCUT2D eigenvalue weighted by molar-refractivity contribution is 0.293. The summed E-state index contributed by atoms with van der Waals surface area (Å²) >= 11 is 9.80. The van der Waals surface area contributed by atoms with Crippen molar-refractivity contribution in [2.75, 3.05) is 18.4 Å². The Morgan fingerprint density at radius 1 is 1.12 bits per heavy atom. The van der Waals surface area contributed by atoms with E-state index in [4.69, 9.17) is 16.6 Å². The van der Waals surface area contributed by atoms with Crippen LogP contribution in [0.5, 0.6) is 0 Å². The molecule has 1 spiro atoms. The number of amidine groups is 1. The largest absolute Gasteiger partial charge is 0.342 e. The Bertz CT molecular complexity index is 812. The molecule has 2 heterocycles. The monoisotopic (exact) mass is 417 g/mol. The van der Waals surface area contributed by atoms with E-state index in [1.165, 1.54) is 5.56 Å². The molecule has 2 N–H and O–H groups in total. The van der Waals surface area contributed by atoms with Crippen molar-refractivity contribution in [2.45, 2.75) is 25.8 Å². The summed E-state index contributed by atoms with van der Waals surface area (Å²) in [5.74, 6) is 1.12. The predicted molar refractivity (Wildman–Crippen MR) is 109 cm³/mol. The molecule has 2 aliphatic heterocycles. The van der Waals surface area contributed by atoms with E-state index in [-0.39, 0.29) is 5.41 Å². The van der Waals surface area contributed by atoms with Gasteiger partial charge in [-0.2, -0.15) is 0 Å². The summed E-state index contributed by atoms with van der Waals surface area (Å²) in [6, 6.07) is 14.4. The zero-order valence-corrected chi connectivity index (χ0v) is 16.3. The van der Waals surface area contributed by atoms with Crippen LogP contribution < -0.4 is 10.6 Å². The molecule has 0 atom stereocenters. The fourth-order valence-corrected chi connectivity index (χ4v) is 4.61. The second-order valence-electron chi connectivity index (χ2n) is 6.90. The van der Waals surface area contributed by atoms with Gasteiger partial charge in [-0.3, -0.25) is 4.99 Å². The number of nitrogens with zero attached hydrogens (tertiary/aromatic N) is 1. The van der Waals surface area contributed by atoms with E-state index < -0.39 is 0 Å². The average Bonchev–Trinajstić information content (AvgIpc) is 2.61. The zero-order chi connectivity index (χ0) is 17.3. The number of rotatable bonds is 2. The minimum Gasteiger partial charge on any atom is -0.342 e. The lowest BCUT2D eigenvalue weighted by Crippen LogP contribution is -2.48. The second-order valence-corrected chi connectivity index (χ2v) is 8.19. The Morgan fingerprint density at radius 2 is 1.92 bits per heavy atom. The minimum absolute atomic E-state index is 0.109. The Hall–Kier alpha value is -1.36. The van der Waals surface area contributed by atoms with Gasteiger partial charge in [-0.05, 0) is 77.6 Å². The fourth-order valence-electron chi connectivity index (χ4n) is 3.89. The summed E-state index contributed by atoms with van der Waals surface area (Å²) < 4.78 is 1.10. The number of fused-ring (bicyclic) bond motifs is 1. The molecule has 3 nitrogen and oxygen atoms in total. The molecule has 2 aromatic rings. The number of hydrogen-bond acceptors (Lipinski definition) is 2. The van der Waals surface area contributed by atoms with Crippen molar-refractivity contribution in [3.05, 3.63) is 63.1 Å². The standard InChI is InChI=1S/C20H21BrClN3/c21-17-6-2-4-15-12-20(7-9-23-10-8-20)19(25-18(15)17)24-13-14-3-1-5-16(22)11-14/h1-6,11,23H,7-10,12-13H2,(H,24,25). The van der Waals surface area contributed by atoms with Crippen molar-refractivity contribution in [1.82, 2.24) is 5.32 Å². The molecule has 130 valence electrons. The molecule has 4 rings (SSSR count). The second kappa shape index (κ2) is 7.10. The van der Waals surface area contributed by atoms with Gasteiger partial charge in [0.1, 0.15) is 5.84 Å². The van der Waals surface area contributed by atoms with E-state index in [1.807, 2.05) is 18.2 Å². The van der Waals surface area contributed by atoms with Crippen molar-refractivity contribution in [3.63, 3.8) is 0 Å². The number of para-hydroxylation sites is 1. The van der Waals surface area contributed by atoms with Gasteiger partial charge in [0.25, 0.3) is 0 Å². The molecule has 0 bridgehead atoms. The molecule has 0 amide bonds. The predicted octanol–water partition coefficient (Wildman–Crippen LogP) is 5.04. The van der Waals surface area contributed by atoms with Crippen LogP contribution in [0.2, 0.25) is 5.02 Å². The number of aliphatic imine (C=N–C) groups is 1. The van der Waals surface area contributed by atoms with E-state index >= 15 is 0 Å². The van der Waals surface area contributed by atoms with Crippen molar-refractivity contribution >= 4 is 39.1 Å². The van der Waals surface area contributed by atoms with Crippen LogP contribution in [-0.2, 0) is 13.0 Å². The summed E-state index contributed by atoms with van der Waals surface area (Å²) in [5.41, 5.74) is 3.79.